The SMILES string of the molecule is CCOC(=O)C1=C(C(C)C)NC(c2ccccc2)=NC1c1ccc(F)cc1. The van der Waals surface area contributed by atoms with E-state index in [1.807, 2.05) is 44.2 Å². The Bertz CT molecular complexity index is 871. The summed E-state index contributed by atoms with van der Waals surface area (Å²) < 4.78 is 18.7. The lowest BCUT2D eigenvalue weighted by molar-refractivity contribution is -0.139. The molecule has 0 fully saturated rings. The number of nitrogens with zero attached hydrogens (tertiary/aromatic N) is 1. The molecule has 2 aromatic carbocycles. The number of benzene rings is 2. The summed E-state index contributed by atoms with van der Waals surface area (Å²) in [4.78, 5) is 17.5. The zero-order chi connectivity index (χ0) is 19.4. The Kier molecular flexibility index (Phi) is 5.69. The molecule has 0 aliphatic carbocycles. The standard InChI is InChI=1S/C22H23FN2O2/c1-4-27-22(26)18-19(14(2)3)24-21(16-8-6-5-7-9-16)25-20(18)15-10-12-17(23)13-11-15/h5-14,20H,4H2,1-3H3,(H,24,25). The van der Waals surface area contributed by atoms with Gasteiger partial charge in [-0.3, -0.25) is 4.99 Å². The second-order valence-corrected chi connectivity index (χ2v) is 6.63. The molecule has 4 nitrogen and oxygen atoms in total. The molecule has 27 heavy (non-hydrogen) atoms. The van der Waals surface area contributed by atoms with E-state index in [2.05, 4.69) is 5.32 Å². The van der Waals surface area contributed by atoms with Gasteiger partial charge in [-0.25, -0.2) is 9.18 Å². The molecule has 5 heteroatoms. The smallest absolute Gasteiger partial charge is 0.338 e. The first-order valence-electron chi connectivity index (χ1n) is 9.08. The molecular formula is C22H23FN2O2. The van der Waals surface area contributed by atoms with Gasteiger partial charge in [-0.2, -0.15) is 0 Å². The average Bonchev–Trinajstić information content (AvgIpc) is 2.68. The third kappa shape index (κ3) is 4.08. The van der Waals surface area contributed by atoms with E-state index in [0.717, 1.165) is 16.8 Å². The predicted molar refractivity (Wildman–Crippen MR) is 104 cm³/mol. The van der Waals surface area contributed by atoms with E-state index in [-0.39, 0.29) is 18.3 Å². The number of nitrogens with one attached hydrogen (secondary N) is 1. The number of amidine groups is 1. The summed E-state index contributed by atoms with van der Waals surface area (Å²) in [5.41, 5.74) is 2.91. The highest BCUT2D eigenvalue weighted by Crippen LogP contribution is 2.34. The highest BCUT2D eigenvalue weighted by atomic mass is 19.1. The van der Waals surface area contributed by atoms with Crippen molar-refractivity contribution in [1.82, 2.24) is 5.32 Å². The van der Waals surface area contributed by atoms with Crippen LogP contribution in [0.25, 0.3) is 0 Å². The summed E-state index contributed by atoms with van der Waals surface area (Å²) in [6, 6.07) is 15.3. The number of halogens is 1. The average molecular weight is 366 g/mol. The van der Waals surface area contributed by atoms with Gasteiger partial charge >= 0.3 is 5.97 Å². The molecule has 1 N–H and O–H groups in total. The van der Waals surface area contributed by atoms with Crippen molar-refractivity contribution in [2.75, 3.05) is 6.61 Å². The minimum Gasteiger partial charge on any atom is -0.463 e. The Morgan fingerprint density at radius 1 is 1.15 bits per heavy atom. The fourth-order valence-electron chi connectivity index (χ4n) is 3.08. The maximum atomic E-state index is 13.4. The number of rotatable bonds is 5. The van der Waals surface area contributed by atoms with Gasteiger partial charge in [0.15, 0.2) is 0 Å². The van der Waals surface area contributed by atoms with Crippen molar-refractivity contribution in [3.8, 4) is 0 Å². The van der Waals surface area contributed by atoms with Gasteiger partial charge in [0.25, 0.3) is 0 Å². The maximum absolute atomic E-state index is 13.4. The third-order valence-corrected chi connectivity index (χ3v) is 4.38. The van der Waals surface area contributed by atoms with Crippen LogP contribution in [0.15, 0.2) is 70.9 Å². The molecule has 0 bridgehead atoms. The number of hydrogen-bond acceptors (Lipinski definition) is 4. The highest BCUT2D eigenvalue weighted by molar-refractivity contribution is 6.03. The molecule has 0 amide bonds. The predicted octanol–water partition coefficient (Wildman–Crippen LogP) is 4.39. The lowest BCUT2D eigenvalue weighted by atomic mass is 9.91. The monoisotopic (exact) mass is 366 g/mol. The van der Waals surface area contributed by atoms with Crippen molar-refractivity contribution in [1.29, 1.82) is 0 Å². The van der Waals surface area contributed by atoms with Crippen molar-refractivity contribution in [2.45, 2.75) is 26.8 Å². The van der Waals surface area contributed by atoms with E-state index < -0.39 is 12.0 Å². The van der Waals surface area contributed by atoms with Crippen LogP contribution in [0.4, 0.5) is 4.39 Å². The molecule has 1 unspecified atom stereocenters. The molecule has 1 aliphatic rings. The van der Waals surface area contributed by atoms with Gasteiger partial charge in [0, 0.05) is 11.3 Å². The number of hydrogen-bond donors (Lipinski definition) is 1. The highest BCUT2D eigenvalue weighted by Gasteiger charge is 2.33. The van der Waals surface area contributed by atoms with E-state index in [9.17, 15) is 9.18 Å². The van der Waals surface area contributed by atoms with E-state index in [4.69, 9.17) is 9.73 Å². The Morgan fingerprint density at radius 2 is 1.81 bits per heavy atom. The van der Waals surface area contributed by atoms with Crippen LogP contribution in [-0.2, 0) is 9.53 Å². The number of aliphatic imine (C=N–C) groups is 1. The van der Waals surface area contributed by atoms with E-state index in [1.165, 1.54) is 12.1 Å². The van der Waals surface area contributed by atoms with Gasteiger partial charge in [0.1, 0.15) is 17.7 Å². The van der Waals surface area contributed by atoms with Crippen LogP contribution in [-0.4, -0.2) is 18.4 Å². The Hall–Kier alpha value is -2.95. The van der Waals surface area contributed by atoms with E-state index in [0.29, 0.717) is 11.4 Å². The van der Waals surface area contributed by atoms with Crippen molar-refractivity contribution in [2.24, 2.45) is 10.9 Å². The van der Waals surface area contributed by atoms with Gasteiger partial charge in [-0.05, 0) is 30.5 Å². The van der Waals surface area contributed by atoms with E-state index >= 15 is 0 Å². The molecule has 3 rings (SSSR count). The molecule has 0 saturated heterocycles. The summed E-state index contributed by atoms with van der Waals surface area (Å²) in [5, 5.41) is 3.32. The van der Waals surface area contributed by atoms with Crippen molar-refractivity contribution in [3.63, 3.8) is 0 Å². The topological polar surface area (TPSA) is 50.7 Å². The first-order valence-corrected chi connectivity index (χ1v) is 9.08. The largest absolute Gasteiger partial charge is 0.463 e. The number of ether oxygens (including phenoxy) is 1. The van der Waals surface area contributed by atoms with Gasteiger partial charge in [-0.1, -0.05) is 56.3 Å². The van der Waals surface area contributed by atoms with Gasteiger partial charge in [-0.15, -0.1) is 0 Å². The second-order valence-electron chi connectivity index (χ2n) is 6.63. The maximum Gasteiger partial charge on any atom is 0.338 e. The van der Waals surface area contributed by atoms with Crippen LogP contribution in [0.2, 0.25) is 0 Å². The molecular weight excluding hydrogens is 343 g/mol. The number of carbonyl (C=O) groups excluding carboxylic acids is 1. The summed E-state index contributed by atoms with van der Waals surface area (Å²) >= 11 is 0. The molecule has 140 valence electrons. The van der Waals surface area contributed by atoms with Crippen LogP contribution < -0.4 is 5.32 Å². The Balaban J connectivity index is 2.15. The number of esters is 1. The first-order chi connectivity index (χ1) is 13.0. The molecule has 0 radical (unpaired) electrons. The fraction of sp³-hybridized carbons (Fsp3) is 0.273. The zero-order valence-electron chi connectivity index (χ0n) is 15.7. The fourth-order valence-corrected chi connectivity index (χ4v) is 3.08. The van der Waals surface area contributed by atoms with Gasteiger partial charge in [0.05, 0.1) is 12.2 Å². The van der Waals surface area contributed by atoms with Crippen molar-refractivity contribution < 1.29 is 13.9 Å². The van der Waals surface area contributed by atoms with Gasteiger partial charge in [0.2, 0.25) is 0 Å². The molecule has 0 spiro atoms. The molecule has 1 aliphatic heterocycles. The normalized spacial score (nSPS) is 16.8. The quantitative estimate of drug-likeness (QED) is 0.799. The first kappa shape index (κ1) is 18.8. The molecule has 2 aromatic rings. The number of allylic oxidation sites excluding steroid dienone is 1. The minimum absolute atomic E-state index is 0.0570. The zero-order valence-corrected chi connectivity index (χ0v) is 15.7. The Morgan fingerprint density at radius 3 is 2.41 bits per heavy atom. The van der Waals surface area contributed by atoms with Crippen LogP contribution in [0, 0.1) is 11.7 Å². The number of carbonyl (C=O) groups is 1. The summed E-state index contributed by atoms with van der Waals surface area (Å²) in [7, 11) is 0. The van der Waals surface area contributed by atoms with Crippen LogP contribution in [0.5, 0.6) is 0 Å². The molecule has 1 heterocycles. The van der Waals surface area contributed by atoms with Crippen LogP contribution in [0.1, 0.15) is 37.9 Å². The minimum atomic E-state index is -0.557. The van der Waals surface area contributed by atoms with E-state index in [1.54, 1.807) is 19.1 Å². The lowest BCUT2D eigenvalue weighted by Crippen LogP contribution is -2.35. The molecule has 0 aromatic heterocycles. The van der Waals surface area contributed by atoms with Crippen molar-refractivity contribution in [3.05, 3.63) is 82.8 Å². The molecule has 1 atom stereocenters. The van der Waals surface area contributed by atoms with Gasteiger partial charge < -0.3 is 10.1 Å². The Labute approximate surface area is 158 Å². The summed E-state index contributed by atoms with van der Waals surface area (Å²) in [6.45, 7) is 6.07. The molecule has 0 saturated carbocycles. The second kappa shape index (κ2) is 8.16. The third-order valence-electron chi connectivity index (χ3n) is 4.38. The van der Waals surface area contributed by atoms with Crippen LogP contribution >= 0.6 is 0 Å². The lowest BCUT2D eigenvalue weighted by Gasteiger charge is -2.29. The summed E-state index contributed by atoms with van der Waals surface area (Å²) in [5.74, 6) is 0.00724. The summed E-state index contributed by atoms with van der Waals surface area (Å²) in [6.07, 6.45) is 0. The van der Waals surface area contributed by atoms with Crippen molar-refractivity contribution >= 4 is 11.8 Å². The van der Waals surface area contributed by atoms with Crippen LogP contribution in [0.3, 0.4) is 0 Å².